The summed E-state index contributed by atoms with van der Waals surface area (Å²) in [6.07, 6.45) is 3.81. The van der Waals surface area contributed by atoms with Crippen LogP contribution < -0.4 is 9.47 Å². The van der Waals surface area contributed by atoms with E-state index < -0.39 is 0 Å². The molecule has 0 aliphatic heterocycles. The van der Waals surface area contributed by atoms with E-state index in [4.69, 9.17) is 24.2 Å². The van der Waals surface area contributed by atoms with Crippen LogP contribution in [0.4, 0.5) is 0 Å². The van der Waals surface area contributed by atoms with Gasteiger partial charge in [-0.2, -0.15) is 4.98 Å². The number of aromatic nitrogens is 4. The topological polar surface area (TPSA) is 71.3 Å². The highest BCUT2D eigenvalue weighted by molar-refractivity contribution is 5.79. The van der Waals surface area contributed by atoms with Crippen molar-refractivity contribution in [1.82, 2.24) is 19.5 Å². The standard InChI is InChI=1S/C32H42N4O3/c1-9-10-16-38-30-26-29(36(20-33-26)19-22-14-12-11-13-15-22)34-28(35-30)23-17-24(31(2,3)4)27(39-21-37-8)25(18-23)32(5,6)7/h11-15,17-18,20H,9-10,16,19,21H2,1-8H3. The molecule has 7 nitrogen and oxygen atoms in total. The largest absolute Gasteiger partial charge is 0.476 e. The van der Waals surface area contributed by atoms with E-state index >= 15 is 0 Å². The molecular formula is C32H42N4O3. The monoisotopic (exact) mass is 530 g/mol. The van der Waals surface area contributed by atoms with E-state index in [9.17, 15) is 0 Å². The van der Waals surface area contributed by atoms with Gasteiger partial charge in [-0.25, -0.2) is 9.97 Å². The number of hydrogen-bond donors (Lipinski definition) is 0. The van der Waals surface area contributed by atoms with Crippen molar-refractivity contribution in [3.8, 4) is 23.0 Å². The average molecular weight is 531 g/mol. The summed E-state index contributed by atoms with van der Waals surface area (Å²) in [6, 6.07) is 14.6. The summed E-state index contributed by atoms with van der Waals surface area (Å²) in [5.41, 5.74) is 5.33. The lowest BCUT2D eigenvalue weighted by molar-refractivity contribution is 0.0484. The molecule has 0 bridgehead atoms. The minimum Gasteiger partial charge on any atom is -0.476 e. The van der Waals surface area contributed by atoms with Crippen molar-refractivity contribution < 1.29 is 14.2 Å². The van der Waals surface area contributed by atoms with E-state index in [1.165, 1.54) is 5.56 Å². The first kappa shape index (κ1) is 28.6. The maximum absolute atomic E-state index is 6.19. The van der Waals surface area contributed by atoms with E-state index in [0.29, 0.717) is 30.4 Å². The van der Waals surface area contributed by atoms with Crippen LogP contribution in [0.2, 0.25) is 0 Å². The van der Waals surface area contributed by atoms with Gasteiger partial charge in [-0.05, 0) is 34.9 Å². The van der Waals surface area contributed by atoms with Gasteiger partial charge in [-0.1, -0.05) is 85.2 Å². The molecule has 4 aromatic rings. The highest BCUT2D eigenvalue weighted by Crippen LogP contribution is 2.43. The van der Waals surface area contributed by atoms with Gasteiger partial charge in [0.15, 0.2) is 23.8 Å². The zero-order chi connectivity index (χ0) is 28.2. The van der Waals surface area contributed by atoms with Gasteiger partial charge in [0, 0.05) is 23.8 Å². The van der Waals surface area contributed by atoms with Gasteiger partial charge in [0.2, 0.25) is 5.88 Å². The van der Waals surface area contributed by atoms with Gasteiger partial charge in [0.25, 0.3) is 0 Å². The molecule has 4 rings (SSSR count). The van der Waals surface area contributed by atoms with Gasteiger partial charge in [0.05, 0.1) is 19.5 Å². The molecule has 0 spiro atoms. The fourth-order valence-electron chi connectivity index (χ4n) is 4.50. The molecule has 0 unspecified atom stereocenters. The second-order valence-electron chi connectivity index (χ2n) is 12.0. The molecule has 208 valence electrons. The number of rotatable bonds is 10. The molecule has 39 heavy (non-hydrogen) atoms. The predicted molar refractivity (Wildman–Crippen MR) is 157 cm³/mol. The maximum atomic E-state index is 6.19. The molecule has 2 aromatic heterocycles. The van der Waals surface area contributed by atoms with Crippen molar-refractivity contribution in [2.45, 2.75) is 78.7 Å². The Morgan fingerprint density at radius 1 is 0.872 bits per heavy atom. The fourth-order valence-corrected chi connectivity index (χ4v) is 4.50. The highest BCUT2D eigenvalue weighted by Gasteiger charge is 2.29. The summed E-state index contributed by atoms with van der Waals surface area (Å²) in [7, 11) is 1.64. The van der Waals surface area contributed by atoms with Crippen molar-refractivity contribution in [2.24, 2.45) is 0 Å². The van der Waals surface area contributed by atoms with Crippen LogP contribution in [0, 0.1) is 0 Å². The Morgan fingerprint density at radius 3 is 2.13 bits per heavy atom. The van der Waals surface area contributed by atoms with Crippen molar-refractivity contribution in [3.63, 3.8) is 0 Å². The lowest BCUT2D eigenvalue weighted by Crippen LogP contribution is -2.21. The predicted octanol–water partition coefficient (Wildman–Crippen LogP) is 7.30. The molecule has 0 atom stereocenters. The number of fused-ring (bicyclic) bond motifs is 1. The van der Waals surface area contributed by atoms with Gasteiger partial charge < -0.3 is 18.8 Å². The molecule has 0 saturated carbocycles. The van der Waals surface area contributed by atoms with Crippen molar-refractivity contribution in [1.29, 1.82) is 0 Å². The Kier molecular flexibility index (Phi) is 8.60. The molecule has 0 fully saturated rings. The van der Waals surface area contributed by atoms with Crippen LogP contribution in [0.5, 0.6) is 11.6 Å². The van der Waals surface area contributed by atoms with E-state index in [2.05, 4.69) is 82.3 Å². The van der Waals surface area contributed by atoms with Crippen LogP contribution in [0.1, 0.15) is 78.0 Å². The molecular weight excluding hydrogens is 488 g/mol. The summed E-state index contributed by atoms with van der Waals surface area (Å²) < 4.78 is 19.7. The molecule has 0 saturated heterocycles. The zero-order valence-electron chi connectivity index (χ0n) is 24.7. The molecule has 7 heteroatoms. The minimum atomic E-state index is -0.182. The van der Waals surface area contributed by atoms with Gasteiger partial charge in [-0.3, -0.25) is 0 Å². The molecule has 2 heterocycles. The molecule has 0 aliphatic carbocycles. The first-order valence-electron chi connectivity index (χ1n) is 13.7. The first-order valence-corrected chi connectivity index (χ1v) is 13.7. The van der Waals surface area contributed by atoms with Crippen LogP contribution in [-0.4, -0.2) is 40.0 Å². The van der Waals surface area contributed by atoms with Crippen molar-refractivity contribution >= 4 is 11.2 Å². The molecule has 0 amide bonds. The Bertz CT molecular complexity index is 1360. The zero-order valence-corrected chi connectivity index (χ0v) is 24.7. The number of benzene rings is 2. The van der Waals surface area contributed by atoms with E-state index in [-0.39, 0.29) is 17.6 Å². The first-order chi connectivity index (χ1) is 18.5. The quantitative estimate of drug-likeness (QED) is 0.158. The van der Waals surface area contributed by atoms with Gasteiger partial charge >= 0.3 is 0 Å². The maximum Gasteiger partial charge on any atom is 0.246 e. The lowest BCUT2D eigenvalue weighted by atomic mass is 9.78. The number of nitrogens with zero attached hydrogens (tertiary/aromatic N) is 4. The van der Waals surface area contributed by atoms with E-state index in [1.807, 2.05) is 24.5 Å². The number of hydrogen-bond acceptors (Lipinski definition) is 6. The van der Waals surface area contributed by atoms with Crippen LogP contribution in [-0.2, 0) is 22.1 Å². The normalized spacial score (nSPS) is 12.2. The Hall–Kier alpha value is -3.45. The van der Waals surface area contributed by atoms with Crippen LogP contribution in [0.15, 0.2) is 48.8 Å². The molecule has 2 aromatic carbocycles. The fraction of sp³-hybridized carbons (Fsp3) is 0.469. The van der Waals surface area contributed by atoms with Gasteiger partial charge in [-0.15, -0.1) is 0 Å². The molecule has 0 radical (unpaired) electrons. The molecule has 0 N–H and O–H groups in total. The number of imidazole rings is 1. The highest BCUT2D eigenvalue weighted by atomic mass is 16.7. The number of unbranched alkanes of at least 4 members (excludes halogenated alkanes) is 1. The third-order valence-corrected chi connectivity index (χ3v) is 6.65. The van der Waals surface area contributed by atoms with E-state index in [1.54, 1.807) is 7.11 Å². The van der Waals surface area contributed by atoms with E-state index in [0.717, 1.165) is 40.9 Å². The average Bonchev–Trinajstić information content (AvgIpc) is 3.29. The Balaban J connectivity index is 1.93. The Labute approximate surface area is 232 Å². The van der Waals surface area contributed by atoms with Crippen molar-refractivity contribution in [3.05, 3.63) is 65.5 Å². The van der Waals surface area contributed by atoms with Crippen LogP contribution in [0.25, 0.3) is 22.6 Å². The smallest absolute Gasteiger partial charge is 0.246 e. The second-order valence-corrected chi connectivity index (χ2v) is 12.0. The van der Waals surface area contributed by atoms with Crippen LogP contribution in [0.3, 0.4) is 0 Å². The summed E-state index contributed by atoms with van der Waals surface area (Å²) in [5, 5.41) is 0. The minimum absolute atomic E-state index is 0.182. The third kappa shape index (κ3) is 6.59. The summed E-state index contributed by atoms with van der Waals surface area (Å²) >= 11 is 0. The summed E-state index contributed by atoms with van der Waals surface area (Å²) in [5.74, 6) is 1.98. The lowest BCUT2D eigenvalue weighted by Gasteiger charge is -2.30. The third-order valence-electron chi connectivity index (χ3n) is 6.65. The number of methoxy groups -OCH3 is 1. The van der Waals surface area contributed by atoms with Gasteiger partial charge in [0.1, 0.15) is 5.75 Å². The number of ether oxygens (including phenoxy) is 3. The summed E-state index contributed by atoms with van der Waals surface area (Å²) in [4.78, 5) is 14.7. The Morgan fingerprint density at radius 2 is 1.54 bits per heavy atom. The SMILES string of the molecule is CCCCOc1nc(-c2cc(C(C)(C)C)c(OCOC)c(C(C)(C)C)c2)nc2c1ncn2Cc1ccccc1. The van der Waals surface area contributed by atoms with Crippen LogP contribution >= 0.6 is 0 Å². The second kappa shape index (κ2) is 11.7. The van der Waals surface area contributed by atoms with Crippen molar-refractivity contribution in [2.75, 3.05) is 20.5 Å². The summed E-state index contributed by atoms with van der Waals surface area (Å²) in [6.45, 7) is 16.7. The molecule has 0 aliphatic rings.